The second-order valence-corrected chi connectivity index (χ2v) is 3.27. The highest BCUT2D eigenvalue weighted by molar-refractivity contribution is 5.63. The fourth-order valence-corrected chi connectivity index (χ4v) is 1.52. The summed E-state index contributed by atoms with van der Waals surface area (Å²) in [6.07, 6.45) is 3.13. The van der Waals surface area contributed by atoms with Crippen molar-refractivity contribution in [3.8, 4) is 0 Å². The molecule has 0 aliphatic carbocycles. The van der Waals surface area contributed by atoms with E-state index in [2.05, 4.69) is 10.1 Å². The van der Waals surface area contributed by atoms with E-state index in [0.717, 1.165) is 0 Å². The number of imidazole rings is 1. The van der Waals surface area contributed by atoms with Gasteiger partial charge in [0.25, 0.3) is 0 Å². The molecule has 0 spiro atoms. The number of nitrogens with zero attached hydrogens (tertiary/aromatic N) is 5. The largest absolute Gasteiger partial charge is 0.394 e. The second-order valence-electron chi connectivity index (χ2n) is 3.27. The molecule has 4 N–H and O–H groups in total. The standard InChI is InChI=1S/C8H14N6O2/c9-8-7-5-11-14(13(7)6-10-8)12(1-3-15)2-4-16/h5-6,15-16H,1-4,9H2. The Hall–Kier alpha value is -1.80. The molecule has 2 heterocycles. The molecule has 0 aromatic carbocycles. The number of hydrogen-bond acceptors (Lipinski definition) is 6. The van der Waals surface area contributed by atoms with Crippen LogP contribution in [0.3, 0.4) is 0 Å². The van der Waals surface area contributed by atoms with E-state index < -0.39 is 0 Å². The van der Waals surface area contributed by atoms with Crippen molar-refractivity contribution in [3.63, 3.8) is 0 Å². The van der Waals surface area contributed by atoms with E-state index in [4.69, 9.17) is 15.9 Å². The highest BCUT2D eigenvalue weighted by Crippen LogP contribution is 2.09. The lowest BCUT2D eigenvalue weighted by atomic mass is 10.6. The number of aliphatic hydroxyl groups excluding tert-OH is 2. The predicted octanol–water partition coefficient (Wildman–Crippen LogP) is -1.96. The monoisotopic (exact) mass is 226 g/mol. The van der Waals surface area contributed by atoms with Crippen LogP contribution in [0.5, 0.6) is 0 Å². The summed E-state index contributed by atoms with van der Waals surface area (Å²) in [5, 5.41) is 23.7. The molecule has 88 valence electrons. The summed E-state index contributed by atoms with van der Waals surface area (Å²) in [6.45, 7) is 0.696. The molecule has 16 heavy (non-hydrogen) atoms. The lowest BCUT2D eigenvalue weighted by Gasteiger charge is -2.22. The summed E-state index contributed by atoms with van der Waals surface area (Å²) in [4.78, 5) is 5.47. The number of rotatable bonds is 5. The zero-order valence-corrected chi connectivity index (χ0v) is 8.69. The zero-order chi connectivity index (χ0) is 11.5. The van der Waals surface area contributed by atoms with Crippen LogP contribution in [-0.2, 0) is 0 Å². The van der Waals surface area contributed by atoms with E-state index in [9.17, 15) is 0 Å². The van der Waals surface area contributed by atoms with Crippen molar-refractivity contribution in [2.24, 2.45) is 0 Å². The fourth-order valence-electron chi connectivity index (χ4n) is 1.52. The quantitative estimate of drug-likeness (QED) is 0.546. The number of aliphatic hydroxyl groups is 2. The molecule has 2 rings (SSSR count). The predicted molar refractivity (Wildman–Crippen MR) is 57.5 cm³/mol. The van der Waals surface area contributed by atoms with Crippen molar-refractivity contribution < 1.29 is 10.2 Å². The summed E-state index contributed by atoms with van der Waals surface area (Å²) in [6, 6.07) is 0. The van der Waals surface area contributed by atoms with Gasteiger partial charge in [-0.15, -0.1) is 10.0 Å². The maximum atomic E-state index is 8.93. The van der Waals surface area contributed by atoms with E-state index >= 15 is 0 Å². The molecule has 0 aliphatic rings. The van der Waals surface area contributed by atoms with Crippen molar-refractivity contribution in [2.45, 2.75) is 0 Å². The minimum Gasteiger partial charge on any atom is -0.394 e. The van der Waals surface area contributed by atoms with Gasteiger partial charge in [-0.3, -0.25) is 5.01 Å². The van der Waals surface area contributed by atoms with Gasteiger partial charge in [-0.05, 0) is 0 Å². The number of nitrogen functional groups attached to an aromatic ring is 1. The first-order valence-corrected chi connectivity index (χ1v) is 4.91. The highest BCUT2D eigenvalue weighted by Gasteiger charge is 2.11. The molecule has 0 unspecified atom stereocenters. The van der Waals surface area contributed by atoms with Crippen LogP contribution in [0.25, 0.3) is 5.52 Å². The molecule has 0 amide bonds. The molecule has 2 aromatic heterocycles. The Morgan fingerprint density at radius 2 is 2.00 bits per heavy atom. The Morgan fingerprint density at radius 1 is 1.31 bits per heavy atom. The first kappa shape index (κ1) is 10.7. The molecule has 8 nitrogen and oxygen atoms in total. The van der Waals surface area contributed by atoms with Gasteiger partial charge in [0.1, 0.15) is 11.8 Å². The van der Waals surface area contributed by atoms with Crippen molar-refractivity contribution in [1.82, 2.24) is 19.5 Å². The Morgan fingerprint density at radius 3 is 2.62 bits per heavy atom. The van der Waals surface area contributed by atoms with Gasteiger partial charge in [-0.25, -0.2) is 9.50 Å². The maximum absolute atomic E-state index is 8.93. The number of aromatic nitrogens is 4. The van der Waals surface area contributed by atoms with Gasteiger partial charge in [0.15, 0.2) is 5.82 Å². The van der Waals surface area contributed by atoms with Gasteiger partial charge < -0.3 is 15.9 Å². The number of hydrogen-bond donors (Lipinski definition) is 3. The minimum atomic E-state index is -0.0223. The number of nitrogens with two attached hydrogens (primary N) is 1. The Kier molecular flexibility index (Phi) is 2.93. The van der Waals surface area contributed by atoms with Crippen LogP contribution in [0.1, 0.15) is 0 Å². The average molecular weight is 226 g/mol. The van der Waals surface area contributed by atoms with Crippen LogP contribution in [-0.4, -0.2) is 56.0 Å². The molecule has 0 saturated carbocycles. The lowest BCUT2D eigenvalue weighted by molar-refractivity contribution is 0.252. The molecule has 8 heteroatoms. The lowest BCUT2D eigenvalue weighted by Crippen LogP contribution is -2.42. The first-order chi connectivity index (χ1) is 7.77. The second kappa shape index (κ2) is 4.37. The van der Waals surface area contributed by atoms with Crippen molar-refractivity contribution in [1.29, 1.82) is 0 Å². The third-order valence-corrected chi connectivity index (χ3v) is 2.26. The van der Waals surface area contributed by atoms with Gasteiger partial charge in [-0.2, -0.15) is 0 Å². The van der Waals surface area contributed by atoms with Crippen LogP contribution in [0.15, 0.2) is 12.5 Å². The van der Waals surface area contributed by atoms with Crippen molar-refractivity contribution in [3.05, 3.63) is 12.5 Å². The van der Waals surface area contributed by atoms with E-state index in [0.29, 0.717) is 24.4 Å². The van der Waals surface area contributed by atoms with E-state index in [1.807, 2.05) is 0 Å². The van der Waals surface area contributed by atoms with Crippen LogP contribution in [0.4, 0.5) is 5.82 Å². The third kappa shape index (κ3) is 1.68. The SMILES string of the molecule is Nc1ncn2c1cnn2N(CCO)CCO. The average Bonchev–Trinajstić information content (AvgIpc) is 2.82. The summed E-state index contributed by atoms with van der Waals surface area (Å²) >= 11 is 0. The molecule has 0 bridgehead atoms. The highest BCUT2D eigenvalue weighted by atomic mass is 16.3. The number of anilines is 1. The van der Waals surface area contributed by atoms with E-state index in [1.54, 1.807) is 22.0 Å². The van der Waals surface area contributed by atoms with Gasteiger partial charge in [0, 0.05) is 0 Å². The molecule has 0 radical (unpaired) electrons. The van der Waals surface area contributed by atoms with Crippen molar-refractivity contribution in [2.75, 3.05) is 37.0 Å². The summed E-state index contributed by atoms with van der Waals surface area (Å²) in [7, 11) is 0. The normalized spacial score (nSPS) is 11.1. The molecule has 0 aliphatic heterocycles. The zero-order valence-electron chi connectivity index (χ0n) is 8.69. The molecule has 0 saturated heterocycles. The van der Waals surface area contributed by atoms with Gasteiger partial charge in [-0.1, -0.05) is 0 Å². The van der Waals surface area contributed by atoms with Crippen LogP contribution in [0, 0.1) is 0 Å². The smallest absolute Gasteiger partial charge is 0.153 e. The molecule has 2 aromatic rings. The topological polar surface area (TPSA) is 105 Å². The Labute approximate surface area is 91.5 Å². The van der Waals surface area contributed by atoms with E-state index in [-0.39, 0.29) is 13.2 Å². The Balaban J connectivity index is 2.35. The third-order valence-electron chi connectivity index (χ3n) is 2.26. The molecular formula is C8H14N6O2. The van der Waals surface area contributed by atoms with Gasteiger partial charge >= 0.3 is 0 Å². The molecule has 0 fully saturated rings. The van der Waals surface area contributed by atoms with Crippen LogP contribution >= 0.6 is 0 Å². The van der Waals surface area contributed by atoms with Gasteiger partial charge in [0.2, 0.25) is 0 Å². The van der Waals surface area contributed by atoms with Crippen LogP contribution in [0.2, 0.25) is 0 Å². The number of fused-ring (bicyclic) bond motifs is 1. The minimum absolute atomic E-state index is 0.0223. The molecular weight excluding hydrogens is 212 g/mol. The van der Waals surface area contributed by atoms with Crippen molar-refractivity contribution >= 4 is 11.3 Å². The summed E-state index contributed by atoms with van der Waals surface area (Å²) < 4.78 is 1.65. The summed E-state index contributed by atoms with van der Waals surface area (Å²) in [5.41, 5.74) is 6.33. The Bertz CT molecular complexity index is 458. The van der Waals surface area contributed by atoms with Gasteiger partial charge in [0.05, 0.1) is 32.5 Å². The van der Waals surface area contributed by atoms with E-state index in [1.165, 1.54) is 4.91 Å². The first-order valence-electron chi connectivity index (χ1n) is 4.91. The summed E-state index contributed by atoms with van der Waals surface area (Å²) in [5.74, 6) is 0.402. The van der Waals surface area contributed by atoms with Crippen LogP contribution < -0.4 is 10.7 Å². The fraction of sp³-hybridized carbons (Fsp3) is 0.500. The molecule has 0 atom stereocenters. The maximum Gasteiger partial charge on any atom is 0.153 e.